The Morgan fingerprint density at radius 3 is 2.38 bits per heavy atom. The maximum absolute atomic E-state index is 11.9. The molecule has 0 unspecified atom stereocenters. The van der Waals surface area contributed by atoms with Crippen molar-refractivity contribution in [2.75, 3.05) is 26.2 Å². The van der Waals surface area contributed by atoms with Crippen LogP contribution in [0.1, 0.15) is 29.3 Å². The van der Waals surface area contributed by atoms with Crippen molar-refractivity contribution >= 4 is 12.0 Å². The molecule has 1 rings (SSSR count). The number of carbonyl (C=O) groups excluding carboxylic acids is 1. The fourth-order valence-corrected chi connectivity index (χ4v) is 1.95. The van der Waals surface area contributed by atoms with Crippen molar-refractivity contribution in [1.82, 2.24) is 10.2 Å². The lowest BCUT2D eigenvalue weighted by Gasteiger charge is -2.21. The summed E-state index contributed by atoms with van der Waals surface area (Å²) >= 11 is 0. The van der Waals surface area contributed by atoms with Crippen LogP contribution < -0.4 is 5.32 Å². The summed E-state index contributed by atoms with van der Waals surface area (Å²) in [7, 11) is 0. The molecule has 6 heteroatoms. The highest BCUT2D eigenvalue weighted by atomic mass is 16.4. The van der Waals surface area contributed by atoms with Crippen molar-refractivity contribution in [2.24, 2.45) is 0 Å². The third kappa shape index (κ3) is 5.83. The molecule has 0 aromatic heterocycles. The number of hydrogen-bond acceptors (Lipinski definition) is 3. The van der Waals surface area contributed by atoms with E-state index in [9.17, 15) is 9.59 Å². The van der Waals surface area contributed by atoms with Crippen LogP contribution in [0.4, 0.5) is 4.79 Å². The van der Waals surface area contributed by atoms with Gasteiger partial charge in [0.2, 0.25) is 0 Å². The van der Waals surface area contributed by atoms with Crippen LogP contribution in [-0.4, -0.2) is 53.4 Å². The summed E-state index contributed by atoms with van der Waals surface area (Å²) in [4.78, 5) is 24.2. The first-order chi connectivity index (χ1) is 10.1. The predicted molar refractivity (Wildman–Crippen MR) is 79.5 cm³/mol. The van der Waals surface area contributed by atoms with Crippen molar-refractivity contribution in [1.29, 1.82) is 0 Å². The fraction of sp³-hybridized carbons (Fsp3) is 0.467. The van der Waals surface area contributed by atoms with Crippen molar-refractivity contribution in [3.8, 4) is 0 Å². The minimum absolute atomic E-state index is 0.0515. The zero-order valence-corrected chi connectivity index (χ0v) is 12.2. The number of benzene rings is 1. The summed E-state index contributed by atoms with van der Waals surface area (Å²) in [6, 6.07) is 6.40. The average molecular weight is 294 g/mol. The molecule has 0 radical (unpaired) electrons. The van der Waals surface area contributed by atoms with E-state index in [1.54, 1.807) is 29.2 Å². The molecule has 0 aliphatic rings. The number of carboxylic acid groups (broad SMARTS) is 1. The van der Waals surface area contributed by atoms with E-state index in [1.807, 2.05) is 6.92 Å². The highest BCUT2D eigenvalue weighted by molar-refractivity contribution is 5.87. The molecule has 1 aromatic rings. The summed E-state index contributed by atoms with van der Waals surface area (Å²) < 4.78 is 0. The summed E-state index contributed by atoms with van der Waals surface area (Å²) in [5.74, 6) is -0.950. The molecule has 0 saturated heterocycles. The number of carbonyl (C=O) groups is 2. The number of rotatable bonds is 8. The molecule has 116 valence electrons. The number of aromatic carboxylic acids is 1. The van der Waals surface area contributed by atoms with Gasteiger partial charge in [-0.05, 0) is 30.5 Å². The first-order valence-corrected chi connectivity index (χ1v) is 7.04. The van der Waals surface area contributed by atoms with Crippen LogP contribution in [0.15, 0.2) is 24.3 Å². The number of amides is 2. The molecule has 21 heavy (non-hydrogen) atoms. The van der Waals surface area contributed by atoms with Crippen molar-refractivity contribution in [2.45, 2.75) is 19.8 Å². The van der Waals surface area contributed by atoms with Crippen molar-refractivity contribution < 1.29 is 19.8 Å². The van der Waals surface area contributed by atoms with Gasteiger partial charge in [0.25, 0.3) is 0 Å². The molecular formula is C15H22N2O4. The predicted octanol–water partition coefficient (Wildman–Crippen LogP) is 1.34. The standard InChI is InChI=1S/C15H22N2O4/c1-2-9-17(10-11-18)15(21)16-8-7-12-3-5-13(6-4-12)14(19)20/h3-6,18H,2,7-11H2,1H3,(H,16,21)(H,19,20). The number of aliphatic hydroxyl groups excluding tert-OH is 1. The van der Waals surface area contributed by atoms with E-state index in [-0.39, 0.29) is 18.2 Å². The van der Waals surface area contributed by atoms with Crippen molar-refractivity contribution in [3.63, 3.8) is 0 Å². The number of hydrogen-bond donors (Lipinski definition) is 3. The molecule has 2 amide bonds. The number of nitrogens with one attached hydrogen (secondary N) is 1. The SMILES string of the molecule is CCCN(CCO)C(=O)NCCc1ccc(C(=O)O)cc1. The van der Waals surface area contributed by atoms with E-state index < -0.39 is 5.97 Å². The second-order valence-electron chi connectivity index (χ2n) is 4.69. The zero-order chi connectivity index (χ0) is 15.7. The van der Waals surface area contributed by atoms with Crippen LogP contribution in [0.3, 0.4) is 0 Å². The molecule has 3 N–H and O–H groups in total. The van der Waals surface area contributed by atoms with Crippen LogP contribution >= 0.6 is 0 Å². The van der Waals surface area contributed by atoms with Crippen LogP contribution in [-0.2, 0) is 6.42 Å². The number of carboxylic acids is 1. The van der Waals surface area contributed by atoms with Gasteiger partial charge in [-0.2, -0.15) is 0 Å². The minimum Gasteiger partial charge on any atom is -0.478 e. The largest absolute Gasteiger partial charge is 0.478 e. The molecule has 0 heterocycles. The Bertz CT molecular complexity index is 453. The molecule has 1 aromatic carbocycles. The summed E-state index contributed by atoms with van der Waals surface area (Å²) in [6.07, 6.45) is 1.47. The third-order valence-corrected chi connectivity index (χ3v) is 3.04. The van der Waals surface area contributed by atoms with Gasteiger partial charge < -0.3 is 20.4 Å². The Hall–Kier alpha value is -2.08. The van der Waals surface area contributed by atoms with Crippen LogP contribution in [0.2, 0.25) is 0 Å². The lowest BCUT2D eigenvalue weighted by molar-refractivity contribution is 0.0697. The van der Waals surface area contributed by atoms with E-state index >= 15 is 0 Å². The monoisotopic (exact) mass is 294 g/mol. The van der Waals surface area contributed by atoms with Gasteiger partial charge in [0.1, 0.15) is 0 Å². The maximum Gasteiger partial charge on any atom is 0.335 e. The summed E-state index contributed by atoms with van der Waals surface area (Å²) in [6.45, 7) is 3.33. The second kappa shape index (κ2) is 8.97. The van der Waals surface area contributed by atoms with Gasteiger partial charge in [-0.25, -0.2) is 9.59 Å². The molecule has 0 saturated carbocycles. The van der Waals surface area contributed by atoms with Gasteiger partial charge in [-0.15, -0.1) is 0 Å². The molecule has 0 spiro atoms. The van der Waals surface area contributed by atoms with E-state index in [1.165, 1.54) is 0 Å². The van der Waals surface area contributed by atoms with E-state index in [0.29, 0.717) is 26.1 Å². The third-order valence-electron chi connectivity index (χ3n) is 3.04. The van der Waals surface area contributed by atoms with Crippen LogP contribution in [0, 0.1) is 0 Å². The molecular weight excluding hydrogens is 272 g/mol. The Morgan fingerprint density at radius 1 is 1.19 bits per heavy atom. The first kappa shape index (κ1) is 17.0. The number of aliphatic hydroxyl groups is 1. The molecule has 0 aliphatic heterocycles. The Kier molecular flexibility index (Phi) is 7.25. The summed E-state index contributed by atoms with van der Waals surface area (Å²) in [5, 5.41) is 20.5. The normalized spacial score (nSPS) is 10.2. The molecule has 6 nitrogen and oxygen atoms in total. The molecule has 0 fully saturated rings. The Balaban J connectivity index is 2.41. The van der Waals surface area contributed by atoms with Gasteiger partial charge in [0.15, 0.2) is 0 Å². The van der Waals surface area contributed by atoms with Gasteiger partial charge >= 0.3 is 12.0 Å². The highest BCUT2D eigenvalue weighted by Gasteiger charge is 2.10. The fourth-order valence-electron chi connectivity index (χ4n) is 1.95. The molecule has 0 bridgehead atoms. The highest BCUT2D eigenvalue weighted by Crippen LogP contribution is 2.05. The summed E-state index contributed by atoms with van der Waals surface area (Å²) in [5.41, 5.74) is 1.21. The van der Waals surface area contributed by atoms with E-state index in [2.05, 4.69) is 5.32 Å². The number of nitrogens with zero attached hydrogens (tertiary/aromatic N) is 1. The Labute approximate surface area is 124 Å². The molecule has 0 aliphatic carbocycles. The second-order valence-corrected chi connectivity index (χ2v) is 4.69. The smallest absolute Gasteiger partial charge is 0.335 e. The van der Waals surface area contributed by atoms with Crippen LogP contribution in [0.5, 0.6) is 0 Å². The van der Waals surface area contributed by atoms with Gasteiger partial charge in [0.05, 0.1) is 12.2 Å². The topological polar surface area (TPSA) is 89.9 Å². The minimum atomic E-state index is -0.950. The molecule has 0 atom stereocenters. The van der Waals surface area contributed by atoms with Crippen LogP contribution in [0.25, 0.3) is 0 Å². The van der Waals surface area contributed by atoms with E-state index in [4.69, 9.17) is 10.2 Å². The van der Waals surface area contributed by atoms with Gasteiger partial charge in [-0.3, -0.25) is 0 Å². The van der Waals surface area contributed by atoms with Crippen molar-refractivity contribution in [3.05, 3.63) is 35.4 Å². The lowest BCUT2D eigenvalue weighted by atomic mass is 10.1. The average Bonchev–Trinajstić information content (AvgIpc) is 2.47. The van der Waals surface area contributed by atoms with Gasteiger partial charge in [0, 0.05) is 19.6 Å². The number of urea groups is 1. The lowest BCUT2D eigenvalue weighted by Crippen LogP contribution is -2.42. The Morgan fingerprint density at radius 2 is 1.86 bits per heavy atom. The zero-order valence-electron chi connectivity index (χ0n) is 12.2. The maximum atomic E-state index is 11.9. The van der Waals surface area contributed by atoms with Gasteiger partial charge in [-0.1, -0.05) is 19.1 Å². The quantitative estimate of drug-likeness (QED) is 0.675. The van der Waals surface area contributed by atoms with E-state index in [0.717, 1.165) is 12.0 Å². The first-order valence-electron chi connectivity index (χ1n) is 7.04.